The van der Waals surface area contributed by atoms with Gasteiger partial charge < -0.3 is 4.90 Å². The van der Waals surface area contributed by atoms with Crippen LogP contribution in [0.5, 0.6) is 0 Å². The minimum atomic E-state index is 0.229. The van der Waals surface area contributed by atoms with E-state index in [-0.39, 0.29) is 5.91 Å². The van der Waals surface area contributed by atoms with Gasteiger partial charge in [-0.15, -0.1) is 0 Å². The summed E-state index contributed by atoms with van der Waals surface area (Å²) >= 11 is 0. The van der Waals surface area contributed by atoms with Crippen molar-refractivity contribution in [3.8, 4) is 0 Å². The van der Waals surface area contributed by atoms with Crippen molar-refractivity contribution in [1.29, 1.82) is 0 Å². The molecule has 0 aromatic heterocycles. The van der Waals surface area contributed by atoms with Crippen LogP contribution < -0.4 is 0 Å². The lowest BCUT2D eigenvalue weighted by Gasteiger charge is -2.12. The second kappa shape index (κ2) is 3.24. The predicted octanol–water partition coefficient (Wildman–Crippen LogP) is 1.51. The van der Waals surface area contributed by atoms with Crippen molar-refractivity contribution >= 4 is 5.91 Å². The lowest BCUT2D eigenvalue weighted by Crippen LogP contribution is -2.25. The largest absolute Gasteiger partial charge is 0.342 e. The van der Waals surface area contributed by atoms with Crippen molar-refractivity contribution < 1.29 is 4.79 Å². The Morgan fingerprint density at radius 2 is 2.18 bits per heavy atom. The van der Waals surface area contributed by atoms with E-state index in [0.29, 0.717) is 5.92 Å². The average molecular weight is 155 g/mol. The quantitative estimate of drug-likeness (QED) is 0.562. The van der Waals surface area contributed by atoms with Crippen molar-refractivity contribution in [2.45, 2.75) is 27.2 Å². The molecule has 2 unspecified atom stereocenters. The van der Waals surface area contributed by atoms with Crippen LogP contribution in [0.25, 0.3) is 0 Å². The number of carbonyl (C=O) groups is 1. The Kier molecular flexibility index (Phi) is 2.53. The van der Waals surface area contributed by atoms with Crippen LogP contribution in [0, 0.1) is 11.8 Å². The van der Waals surface area contributed by atoms with Gasteiger partial charge in [-0.05, 0) is 11.8 Å². The number of hydrogen-bond acceptors (Lipinski definition) is 1. The zero-order chi connectivity index (χ0) is 8.43. The molecule has 11 heavy (non-hydrogen) atoms. The molecular formula is C9H17NO. The first-order chi connectivity index (χ1) is 5.15. The van der Waals surface area contributed by atoms with Gasteiger partial charge in [0.05, 0.1) is 0 Å². The van der Waals surface area contributed by atoms with Crippen LogP contribution in [0.3, 0.4) is 0 Å². The number of carbonyl (C=O) groups excluding carboxylic acids is 1. The van der Waals surface area contributed by atoms with Gasteiger partial charge in [-0.2, -0.15) is 0 Å². The molecule has 1 heterocycles. The normalized spacial score (nSPS) is 31.0. The van der Waals surface area contributed by atoms with Gasteiger partial charge in [-0.3, -0.25) is 4.79 Å². The summed E-state index contributed by atoms with van der Waals surface area (Å²) in [5.41, 5.74) is 0. The Balaban J connectivity index is 2.49. The van der Waals surface area contributed by atoms with Gasteiger partial charge in [0.15, 0.2) is 0 Å². The number of hydrogen-bond donors (Lipinski definition) is 0. The van der Waals surface area contributed by atoms with E-state index in [0.717, 1.165) is 19.0 Å². The molecule has 2 heteroatoms. The smallest absolute Gasteiger partial charge is 0.219 e. The van der Waals surface area contributed by atoms with Crippen LogP contribution in [0.1, 0.15) is 27.2 Å². The summed E-state index contributed by atoms with van der Waals surface area (Å²) in [4.78, 5) is 12.9. The van der Waals surface area contributed by atoms with Crippen molar-refractivity contribution in [2.75, 3.05) is 13.1 Å². The third-order valence-electron chi connectivity index (χ3n) is 2.74. The molecule has 0 N–H and O–H groups in total. The summed E-state index contributed by atoms with van der Waals surface area (Å²) in [6, 6.07) is 0. The minimum absolute atomic E-state index is 0.229. The van der Waals surface area contributed by atoms with Crippen molar-refractivity contribution in [2.24, 2.45) is 11.8 Å². The molecule has 1 saturated heterocycles. The van der Waals surface area contributed by atoms with E-state index in [4.69, 9.17) is 0 Å². The van der Waals surface area contributed by atoms with E-state index in [1.807, 2.05) is 4.90 Å². The molecule has 64 valence electrons. The van der Waals surface area contributed by atoms with Crippen LogP contribution in [0.2, 0.25) is 0 Å². The van der Waals surface area contributed by atoms with Gasteiger partial charge in [0, 0.05) is 20.0 Å². The summed E-state index contributed by atoms with van der Waals surface area (Å²) in [6.07, 6.45) is 1.20. The number of nitrogens with zero attached hydrogens (tertiary/aromatic N) is 1. The molecular weight excluding hydrogens is 138 g/mol. The molecule has 0 bridgehead atoms. The molecule has 0 aromatic rings. The van der Waals surface area contributed by atoms with Crippen LogP contribution in [0.15, 0.2) is 0 Å². The molecule has 1 aliphatic heterocycles. The van der Waals surface area contributed by atoms with Crippen LogP contribution >= 0.6 is 0 Å². The molecule has 2 atom stereocenters. The van der Waals surface area contributed by atoms with Crippen LogP contribution in [0.4, 0.5) is 0 Å². The summed E-state index contributed by atoms with van der Waals surface area (Å²) in [7, 11) is 0. The molecule has 0 saturated carbocycles. The van der Waals surface area contributed by atoms with E-state index in [2.05, 4.69) is 13.8 Å². The van der Waals surface area contributed by atoms with Gasteiger partial charge in [0.25, 0.3) is 0 Å². The second-order valence-corrected chi connectivity index (χ2v) is 3.57. The molecule has 0 aromatic carbocycles. The first kappa shape index (κ1) is 8.57. The Hall–Kier alpha value is -0.530. The zero-order valence-corrected chi connectivity index (χ0v) is 7.63. The highest BCUT2D eigenvalue weighted by Gasteiger charge is 2.29. The number of amides is 1. The van der Waals surface area contributed by atoms with Crippen molar-refractivity contribution in [3.05, 3.63) is 0 Å². The van der Waals surface area contributed by atoms with Gasteiger partial charge >= 0.3 is 0 Å². The van der Waals surface area contributed by atoms with E-state index in [1.54, 1.807) is 6.92 Å². The van der Waals surface area contributed by atoms with Crippen LogP contribution in [-0.2, 0) is 4.79 Å². The summed E-state index contributed by atoms with van der Waals surface area (Å²) in [6.45, 7) is 8.04. The summed E-state index contributed by atoms with van der Waals surface area (Å²) in [5, 5.41) is 0. The first-order valence-corrected chi connectivity index (χ1v) is 4.40. The van der Waals surface area contributed by atoms with E-state index in [9.17, 15) is 4.79 Å². The molecule has 0 radical (unpaired) electrons. The van der Waals surface area contributed by atoms with E-state index < -0.39 is 0 Å². The Labute approximate surface area is 68.6 Å². The van der Waals surface area contributed by atoms with Crippen molar-refractivity contribution in [1.82, 2.24) is 4.90 Å². The SMILES string of the molecule is CCC1CN(C(C)=O)CC1C. The molecule has 2 nitrogen and oxygen atoms in total. The average Bonchev–Trinajstić information content (AvgIpc) is 2.31. The van der Waals surface area contributed by atoms with Gasteiger partial charge in [0.2, 0.25) is 5.91 Å². The Morgan fingerprint density at radius 1 is 1.55 bits per heavy atom. The first-order valence-electron chi connectivity index (χ1n) is 4.40. The minimum Gasteiger partial charge on any atom is -0.342 e. The molecule has 1 fully saturated rings. The highest BCUT2D eigenvalue weighted by Crippen LogP contribution is 2.25. The maximum atomic E-state index is 11.0. The Morgan fingerprint density at radius 3 is 2.45 bits per heavy atom. The summed E-state index contributed by atoms with van der Waals surface area (Å²) in [5.74, 6) is 1.66. The molecule has 1 rings (SSSR count). The fourth-order valence-electron chi connectivity index (χ4n) is 1.82. The third kappa shape index (κ3) is 1.73. The fraction of sp³-hybridized carbons (Fsp3) is 0.889. The van der Waals surface area contributed by atoms with Gasteiger partial charge in [0.1, 0.15) is 0 Å². The predicted molar refractivity (Wildman–Crippen MR) is 45.2 cm³/mol. The maximum absolute atomic E-state index is 11.0. The topological polar surface area (TPSA) is 20.3 Å². The van der Waals surface area contributed by atoms with Crippen molar-refractivity contribution in [3.63, 3.8) is 0 Å². The zero-order valence-electron chi connectivity index (χ0n) is 7.63. The lowest BCUT2D eigenvalue weighted by molar-refractivity contribution is -0.128. The number of likely N-dealkylation sites (tertiary alicyclic amines) is 1. The highest BCUT2D eigenvalue weighted by atomic mass is 16.2. The fourth-order valence-corrected chi connectivity index (χ4v) is 1.82. The molecule has 0 aliphatic carbocycles. The highest BCUT2D eigenvalue weighted by molar-refractivity contribution is 5.73. The maximum Gasteiger partial charge on any atom is 0.219 e. The van der Waals surface area contributed by atoms with E-state index >= 15 is 0 Å². The van der Waals surface area contributed by atoms with Gasteiger partial charge in [-0.1, -0.05) is 20.3 Å². The van der Waals surface area contributed by atoms with Crippen LogP contribution in [-0.4, -0.2) is 23.9 Å². The monoisotopic (exact) mass is 155 g/mol. The molecule has 1 aliphatic rings. The van der Waals surface area contributed by atoms with E-state index in [1.165, 1.54) is 6.42 Å². The summed E-state index contributed by atoms with van der Waals surface area (Å²) < 4.78 is 0. The number of rotatable bonds is 1. The molecule has 0 spiro atoms. The Bertz CT molecular complexity index is 156. The lowest BCUT2D eigenvalue weighted by atomic mass is 9.96. The van der Waals surface area contributed by atoms with Gasteiger partial charge in [-0.25, -0.2) is 0 Å². The third-order valence-corrected chi connectivity index (χ3v) is 2.74. The molecule has 1 amide bonds. The second-order valence-electron chi connectivity index (χ2n) is 3.57. The standard InChI is InChI=1S/C9H17NO/c1-4-9-6-10(8(3)11)5-7(9)2/h7,9H,4-6H2,1-3H3.